The summed E-state index contributed by atoms with van der Waals surface area (Å²) in [5, 5.41) is 0. The third-order valence-corrected chi connectivity index (χ3v) is 2.18. The molecule has 0 radical (unpaired) electrons. The summed E-state index contributed by atoms with van der Waals surface area (Å²) in [6, 6.07) is 5.98. The molecule has 3 aromatic rings. The Morgan fingerprint density at radius 3 is 2.93 bits per heavy atom. The molecule has 0 saturated heterocycles. The van der Waals surface area contributed by atoms with Crippen LogP contribution in [0.1, 0.15) is 0 Å². The maximum Gasteiger partial charge on any atom is 0.138 e. The van der Waals surface area contributed by atoms with Gasteiger partial charge in [0.25, 0.3) is 0 Å². The van der Waals surface area contributed by atoms with E-state index in [-0.39, 0.29) is 0 Å². The molecule has 3 aromatic heterocycles. The first kappa shape index (κ1) is 7.32. The van der Waals surface area contributed by atoms with Gasteiger partial charge in [0.2, 0.25) is 0 Å². The van der Waals surface area contributed by atoms with E-state index in [4.69, 9.17) is 0 Å². The van der Waals surface area contributed by atoms with Gasteiger partial charge >= 0.3 is 0 Å². The molecule has 0 bridgehead atoms. The summed E-state index contributed by atoms with van der Waals surface area (Å²) in [6.07, 6.45) is 9.17. The molecule has 0 spiro atoms. The van der Waals surface area contributed by atoms with E-state index in [0.29, 0.717) is 0 Å². The predicted molar refractivity (Wildman–Crippen MR) is 52.3 cm³/mol. The van der Waals surface area contributed by atoms with Gasteiger partial charge in [0.1, 0.15) is 17.8 Å². The maximum absolute atomic E-state index is 4.22. The fourth-order valence-corrected chi connectivity index (χ4v) is 1.54. The van der Waals surface area contributed by atoms with Gasteiger partial charge in [-0.2, -0.15) is 0 Å². The van der Waals surface area contributed by atoms with E-state index in [9.17, 15) is 0 Å². The summed E-state index contributed by atoms with van der Waals surface area (Å²) in [5.74, 6) is 1.04. The molecular weight excluding hydrogens is 176 g/mol. The van der Waals surface area contributed by atoms with Crippen molar-refractivity contribution in [3.8, 4) is 5.82 Å². The van der Waals surface area contributed by atoms with E-state index in [2.05, 4.69) is 9.97 Å². The Morgan fingerprint density at radius 2 is 2.07 bits per heavy atom. The highest BCUT2D eigenvalue weighted by atomic mass is 15.2. The van der Waals surface area contributed by atoms with Gasteiger partial charge in [-0.05, 0) is 12.1 Å². The third-order valence-electron chi connectivity index (χ3n) is 2.18. The Balaban J connectivity index is 2.36. The molecule has 3 rings (SSSR count). The first-order chi connectivity index (χ1) is 6.95. The number of fused-ring (bicyclic) bond motifs is 1. The van der Waals surface area contributed by atoms with Crippen molar-refractivity contribution in [1.82, 2.24) is 18.9 Å². The topological polar surface area (TPSA) is 35.1 Å². The minimum absolute atomic E-state index is 0.941. The van der Waals surface area contributed by atoms with E-state index >= 15 is 0 Å². The molecule has 0 unspecified atom stereocenters. The molecule has 0 atom stereocenters. The van der Waals surface area contributed by atoms with Crippen LogP contribution in [0.25, 0.3) is 11.5 Å². The van der Waals surface area contributed by atoms with Crippen molar-refractivity contribution in [3.63, 3.8) is 0 Å². The molecule has 14 heavy (non-hydrogen) atoms. The molecule has 4 heteroatoms. The highest BCUT2D eigenvalue weighted by molar-refractivity contribution is 5.44. The minimum atomic E-state index is 0.941. The lowest BCUT2D eigenvalue weighted by Gasteiger charge is -2.04. The number of imidazole rings is 2. The van der Waals surface area contributed by atoms with Crippen LogP contribution in [0.15, 0.2) is 49.3 Å². The first-order valence-corrected chi connectivity index (χ1v) is 4.35. The Labute approximate surface area is 80.5 Å². The number of aromatic nitrogens is 4. The average molecular weight is 184 g/mol. The van der Waals surface area contributed by atoms with Gasteiger partial charge in [-0.25, -0.2) is 9.97 Å². The molecule has 0 aliphatic rings. The second kappa shape index (κ2) is 2.70. The first-order valence-electron chi connectivity index (χ1n) is 4.35. The van der Waals surface area contributed by atoms with Crippen LogP contribution < -0.4 is 0 Å². The predicted octanol–water partition coefficient (Wildman–Crippen LogP) is 1.52. The van der Waals surface area contributed by atoms with E-state index < -0.39 is 0 Å². The molecule has 4 nitrogen and oxygen atoms in total. The SMILES string of the molecule is c1cc(-n2ccnc2)n2ccnc2c1. The van der Waals surface area contributed by atoms with Crippen LogP contribution in [-0.4, -0.2) is 18.9 Å². The van der Waals surface area contributed by atoms with Gasteiger partial charge in [-0.15, -0.1) is 0 Å². The lowest BCUT2D eigenvalue weighted by atomic mass is 10.4. The minimum Gasteiger partial charge on any atom is -0.292 e. The van der Waals surface area contributed by atoms with E-state index in [0.717, 1.165) is 11.5 Å². The van der Waals surface area contributed by atoms with Gasteiger partial charge in [-0.3, -0.25) is 8.97 Å². The standard InChI is InChI=1S/C10H8N4/c1-2-9-12-5-7-14(9)10(3-1)13-6-4-11-8-13/h1-8H. The monoisotopic (exact) mass is 184 g/mol. The summed E-state index contributed by atoms with van der Waals surface area (Å²) in [6.45, 7) is 0. The highest BCUT2D eigenvalue weighted by Crippen LogP contribution is 2.09. The van der Waals surface area contributed by atoms with Crippen molar-refractivity contribution in [3.05, 3.63) is 49.3 Å². The van der Waals surface area contributed by atoms with Crippen LogP contribution in [0.5, 0.6) is 0 Å². The quantitative estimate of drug-likeness (QED) is 0.574. The van der Waals surface area contributed by atoms with Crippen molar-refractivity contribution < 1.29 is 0 Å². The lowest BCUT2D eigenvalue weighted by molar-refractivity contribution is 0.956. The van der Waals surface area contributed by atoms with Gasteiger partial charge in [-0.1, -0.05) is 6.07 Å². The summed E-state index contributed by atoms with van der Waals surface area (Å²) in [5.41, 5.74) is 0.941. The van der Waals surface area contributed by atoms with Crippen molar-refractivity contribution in [1.29, 1.82) is 0 Å². The molecule has 0 aromatic carbocycles. The molecule has 0 N–H and O–H groups in total. The molecule has 0 aliphatic carbocycles. The van der Waals surface area contributed by atoms with Crippen molar-refractivity contribution in [2.75, 3.05) is 0 Å². The van der Waals surface area contributed by atoms with Crippen LogP contribution in [0.3, 0.4) is 0 Å². The zero-order chi connectivity index (χ0) is 9.38. The maximum atomic E-state index is 4.22. The van der Waals surface area contributed by atoms with Crippen LogP contribution in [0, 0.1) is 0 Å². The lowest BCUT2D eigenvalue weighted by Crippen LogP contribution is -1.98. The van der Waals surface area contributed by atoms with E-state index in [1.807, 2.05) is 39.6 Å². The number of hydrogen-bond acceptors (Lipinski definition) is 2. The molecule has 0 aliphatic heterocycles. The van der Waals surface area contributed by atoms with Crippen molar-refractivity contribution in [2.45, 2.75) is 0 Å². The molecule has 0 amide bonds. The largest absolute Gasteiger partial charge is 0.292 e. The zero-order valence-electron chi connectivity index (χ0n) is 7.41. The number of pyridine rings is 1. The molecule has 68 valence electrons. The van der Waals surface area contributed by atoms with Gasteiger partial charge in [0.15, 0.2) is 0 Å². The molecular formula is C10H8N4. The van der Waals surface area contributed by atoms with Gasteiger partial charge in [0, 0.05) is 24.8 Å². The summed E-state index contributed by atoms with van der Waals surface area (Å²) in [7, 11) is 0. The Bertz CT molecular complexity index is 550. The second-order valence-electron chi connectivity index (χ2n) is 3.01. The summed E-state index contributed by atoms with van der Waals surface area (Å²) in [4.78, 5) is 8.24. The van der Waals surface area contributed by atoms with Crippen molar-refractivity contribution in [2.24, 2.45) is 0 Å². The van der Waals surface area contributed by atoms with Crippen LogP contribution >= 0.6 is 0 Å². The fourth-order valence-electron chi connectivity index (χ4n) is 1.54. The number of nitrogens with zero attached hydrogens (tertiary/aromatic N) is 4. The third kappa shape index (κ3) is 0.939. The second-order valence-corrected chi connectivity index (χ2v) is 3.01. The van der Waals surface area contributed by atoms with Gasteiger partial charge in [0.05, 0.1) is 0 Å². The Morgan fingerprint density at radius 1 is 1.07 bits per heavy atom. The molecule has 0 saturated carbocycles. The van der Waals surface area contributed by atoms with Gasteiger partial charge < -0.3 is 0 Å². The normalized spacial score (nSPS) is 10.9. The Hall–Kier alpha value is -2.10. The zero-order valence-corrected chi connectivity index (χ0v) is 7.41. The number of hydrogen-bond donors (Lipinski definition) is 0. The smallest absolute Gasteiger partial charge is 0.138 e. The Kier molecular flexibility index (Phi) is 1.41. The van der Waals surface area contributed by atoms with Crippen LogP contribution in [0.4, 0.5) is 0 Å². The van der Waals surface area contributed by atoms with Crippen molar-refractivity contribution >= 4 is 5.65 Å². The highest BCUT2D eigenvalue weighted by Gasteiger charge is 2.00. The number of rotatable bonds is 1. The van der Waals surface area contributed by atoms with Crippen LogP contribution in [0.2, 0.25) is 0 Å². The van der Waals surface area contributed by atoms with Crippen LogP contribution in [-0.2, 0) is 0 Å². The summed E-state index contributed by atoms with van der Waals surface area (Å²) < 4.78 is 3.97. The van der Waals surface area contributed by atoms with E-state index in [1.54, 1.807) is 18.7 Å². The molecule has 0 fully saturated rings. The summed E-state index contributed by atoms with van der Waals surface area (Å²) >= 11 is 0. The average Bonchev–Trinajstić information content (AvgIpc) is 2.88. The molecule has 3 heterocycles. The van der Waals surface area contributed by atoms with E-state index in [1.165, 1.54) is 0 Å². The fraction of sp³-hybridized carbons (Fsp3) is 0.